The van der Waals surface area contributed by atoms with Crippen molar-refractivity contribution in [2.24, 2.45) is 0 Å². The normalized spacial score (nSPS) is 11.5. The third-order valence-electron chi connectivity index (χ3n) is 1.72. The van der Waals surface area contributed by atoms with Crippen LogP contribution in [0.3, 0.4) is 0 Å². The van der Waals surface area contributed by atoms with Gasteiger partial charge in [0.25, 0.3) is 0 Å². The molecule has 1 rings (SSSR count). The zero-order valence-corrected chi connectivity index (χ0v) is 8.82. The maximum absolute atomic E-state index is 12.3. The van der Waals surface area contributed by atoms with Gasteiger partial charge in [-0.1, -0.05) is 18.5 Å². The van der Waals surface area contributed by atoms with E-state index < -0.39 is 11.7 Å². The van der Waals surface area contributed by atoms with Crippen molar-refractivity contribution in [3.05, 3.63) is 28.8 Å². The molecule has 0 radical (unpaired) electrons. The highest BCUT2D eigenvalue weighted by atomic mass is 35.5. The third-order valence-corrected chi connectivity index (χ3v) is 2.03. The van der Waals surface area contributed by atoms with Crippen molar-refractivity contribution in [1.29, 1.82) is 0 Å². The van der Waals surface area contributed by atoms with E-state index in [4.69, 9.17) is 16.3 Å². The Morgan fingerprint density at radius 2 is 2.00 bits per heavy atom. The summed E-state index contributed by atoms with van der Waals surface area (Å²) in [5, 5.41) is 0.191. The third kappa shape index (κ3) is 3.30. The SMILES string of the molecule is CCCOc1cc(C(F)(F)F)ccc1Cl. The number of ether oxygens (including phenoxy) is 1. The molecule has 0 aliphatic rings. The Kier molecular flexibility index (Phi) is 3.85. The average Bonchev–Trinajstić information content (AvgIpc) is 2.15. The quantitative estimate of drug-likeness (QED) is 0.769. The van der Waals surface area contributed by atoms with Crippen molar-refractivity contribution in [1.82, 2.24) is 0 Å². The Morgan fingerprint density at radius 1 is 1.33 bits per heavy atom. The summed E-state index contributed by atoms with van der Waals surface area (Å²) in [4.78, 5) is 0. The molecular weight excluding hydrogens is 229 g/mol. The smallest absolute Gasteiger partial charge is 0.416 e. The lowest BCUT2D eigenvalue weighted by Gasteiger charge is -2.11. The van der Waals surface area contributed by atoms with E-state index >= 15 is 0 Å². The number of hydrogen-bond acceptors (Lipinski definition) is 1. The second-order valence-corrected chi connectivity index (χ2v) is 3.40. The Morgan fingerprint density at radius 3 is 2.53 bits per heavy atom. The number of halogens is 4. The van der Waals surface area contributed by atoms with Crippen LogP contribution in [0.15, 0.2) is 18.2 Å². The van der Waals surface area contributed by atoms with E-state index in [0.29, 0.717) is 13.0 Å². The van der Waals surface area contributed by atoms with E-state index in [1.54, 1.807) is 0 Å². The van der Waals surface area contributed by atoms with Crippen molar-refractivity contribution < 1.29 is 17.9 Å². The zero-order valence-electron chi connectivity index (χ0n) is 8.07. The second kappa shape index (κ2) is 4.75. The van der Waals surface area contributed by atoms with Gasteiger partial charge in [-0.3, -0.25) is 0 Å². The molecule has 0 N–H and O–H groups in total. The Balaban J connectivity index is 2.95. The molecule has 1 nitrogen and oxygen atoms in total. The van der Waals surface area contributed by atoms with Gasteiger partial charge in [0, 0.05) is 0 Å². The van der Waals surface area contributed by atoms with Gasteiger partial charge in [-0.05, 0) is 24.6 Å². The summed E-state index contributed by atoms with van der Waals surface area (Å²) >= 11 is 5.69. The van der Waals surface area contributed by atoms with Gasteiger partial charge in [0.15, 0.2) is 0 Å². The molecule has 0 atom stereocenters. The summed E-state index contributed by atoms with van der Waals surface area (Å²) in [6, 6.07) is 3.04. The monoisotopic (exact) mass is 238 g/mol. The molecule has 5 heteroatoms. The molecule has 84 valence electrons. The molecule has 0 unspecified atom stereocenters. The molecule has 0 fully saturated rings. The maximum Gasteiger partial charge on any atom is 0.416 e. The van der Waals surface area contributed by atoms with Gasteiger partial charge in [-0.15, -0.1) is 0 Å². The first kappa shape index (κ1) is 12.2. The largest absolute Gasteiger partial charge is 0.492 e. The van der Waals surface area contributed by atoms with Crippen LogP contribution in [0.4, 0.5) is 13.2 Å². The second-order valence-electron chi connectivity index (χ2n) is 2.99. The Labute approximate surface area is 90.8 Å². The van der Waals surface area contributed by atoms with Crippen LogP contribution >= 0.6 is 11.6 Å². The van der Waals surface area contributed by atoms with Crippen molar-refractivity contribution in [3.8, 4) is 5.75 Å². The van der Waals surface area contributed by atoms with Gasteiger partial charge in [-0.2, -0.15) is 13.2 Å². The van der Waals surface area contributed by atoms with Crippen LogP contribution in [-0.4, -0.2) is 6.61 Å². The fraction of sp³-hybridized carbons (Fsp3) is 0.400. The molecule has 0 aromatic heterocycles. The van der Waals surface area contributed by atoms with Crippen LogP contribution in [0.5, 0.6) is 5.75 Å². The molecule has 0 saturated heterocycles. The molecule has 0 spiro atoms. The summed E-state index contributed by atoms with van der Waals surface area (Å²) in [6.07, 6.45) is -3.65. The van der Waals surface area contributed by atoms with E-state index in [1.807, 2.05) is 6.92 Å². The average molecular weight is 239 g/mol. The lowest BCUT2D eigenvalue weighted by Crippen LogP contribution is -2.05. The van der Waals surface area contributed by atoms with Crippen LogP contribution in [0, 0.1) is 0 Å². The van der Waals surface area contributed by atoms with Gasteiger partial charge in [0.2, 0.25) is 0 Å². The first-order valence-corrected chi connectivity index (χ1v) is 4.82. The highest BCUT2D eigenvalue weighted by Crippen LogP contribution is 2.34. The topological polar surface area (TPSA) is 9.23 Å². The molecule has 0 amide bonds. The van der Waals surface area contributed by atoms with Gasteiger partial charge in [-0.25, -0.2) is 0 Å². The summed E-state index contributed by atoms with van der Waals surface area (Å²) in [5.74, 6) is 0.0772. The molecule has 0 heterocycles. The van der Waals surface area contributed by atoms with Gasteiger partial charge in [0.05, 0.1) is 17.2 Å². The predicted molar refractivity (Wildman–Crippen MR) is 52.2 cm³/mol. The van der Waals surface area contributed by atoms with Crippen molar-refractivity contribution >= 4 is 11.6 Å². The molecule has 0 saturated carbocycles. The van der Waals surface area contributed by atoms with Crippen LogP contribution in [-0.2, 0) is 6.18 Å². The van der Waals surface area contributed by atoms with E-state index in [0.717, 1.165) is 12.1 Å². The van der Waals surface area contributed by atoms with E-state index in [9.17, 15) is 13.2 Å². The number of benzene rings is 1. The van der Waals surface area contributed by atoms with E-state index in [1.165, 1.54) is 6.07 Å². The fourth-order valence-electron chi connectivity index (χ4n) is 1.00. The maximum atomic E-state index is 12.3. The first-order chi connectivity index (χ1) is 6.95. The minimum absolute atomic E-state index is 0.0772. The number of alkyl halides is 3. The lowest BCUT2D eigenvalue weighted by atomic mass is 10.2. The van der Waals surface area contributed by atoms with Gasteiger partial charge in [0.1, 0.15) is 5.75 Å². The van der Waals surface area contributed by atoms with Crippen molar-refractivity contribution in [2.75, 3.05) is 6.61 Å². The minimum atomic E-state index is -4.37. The van der Waals surface area contributed by atoms with Crippen molar-refractivity contribution in [2.45, 2.75) is 19.5 Å². The molecule has 1 aromatic carbocycles. The highest BCUT2D eigenvalue weighted by molar-refractivity contribution is 6.32. The lowest BCUT2D eigenvalue weighted by molar-refractivity contribution is -0.137. The van der Waals surface area contributed by atoms with Gasteiger partial charge >= 0.3 is 6.18 Å². The standard InChI is InChI=1S/C10H10ClF3O/c1-2-5-15-9-6-7(10(12,13)14)3-4-8(9)11/h3-4,6H,2,5H2,1H3. The molecule has 0 aliphatic heterocycles. The molecular formula is C10H10ClF3O. The Hall–Kier alpha value is -0.900. The number of rotatable bonds is 3. The first-order valence-electron chi connectivity index (χ1n) is 4.44. The highest BCUT2D eigenvalue weighted by Gasteiger charge is 2.31. The summed E-state index contributed by atoms with van der Waals surface area (Å²) in [6.45, 7) is 2.21. The van der Waals surface area contributed by atoms with E-state index in [-0.39, 0.29) is 10.8 Å². The van der Waals surface area contributed by atoms with Crippen LogP contribution < -0.4 is 4.74 Å². The van der Waals surface area contributed by atoms with E-state index in [2.05, 4.69) is 0 Å². The van der Waals surface area contributed by atoms with Crippen LogP contribution in [0.1, 0.15) is 18.9 Å². The van der Waals surface area contributed by atoms with Crippen LogP contribution in [0.2, 0.25) is 5.02 Å². The van der Waals surface area contributed by atoms with Gasteiger partial charge < -0.3 is 4.74 Å². The predicted octanol–water partition coefficient (Wildman–Crippen LogP) is 4.15. The molecule has 0 bridgehead atoms. The zero-order chi connectivity index (χ0) is 11.5. The molecule has 0 aliphatic carbocycles. The summed E-state index contributed by atoms with van der Waals surface area (Å²) in [5.41, 5.74) is -0.752. The van der Waals surface area contributed by atoms with Crippen LogP contribution in [0.25, 0.3) is 0 Å². The Bertz CT molecular complexity index is 336. The summed E-state index contributed by atoms with van der Waals surface area (Å²) < 4.78 is 42.1. The fourth-order valence-corrected chi connectivity index (χ4v) is 1.17. The number of hydrogen-bond donors (Lipinski definition) is 0. The summed E-state index contributed by atoms with van der Waals surface area (Å²) in [7, 11) is 0. The minimum Gasteiger partial charge on any atom is -0.492 e. The molecule has 1 aromatic rings. The van der Waals surface area contributed by atoms with Crippen molar-refractivity contribution in [3.63, 3.8) is 0 Å². The molecule has 15 heavy (non-hydrogen) atoms.